The molecule has 6 heteroatoms. The third-order valence-corrected chi connectivity index (χ3v) is 3.19. The van der Waals surface area contributed by atoms with Gasteiger partial charge in [-0.1, -0.05) is 13.8 Å². The Balaban J connectivity index is 1.78. The molecule has 0 amide bonds. The van der Waals surface area contributed by atoms with Crippen LogP contribution in [0, 0.1) is 0 Å². The molecule has 0 fully saturated rings. The molecule has 0 aromatic carbocycles. The highest BCUT2D eigenvalue weighted by atomic mass is 15.3. The van der Waals surface area contributed by atoms with Crippen LogP contribution >= 0.6 is 0 Å². The zero-order valence-electron chi connectivity index (χ0n) is 11.6. The maximum absolute atomic E-state index is 4.35. The molecule has 0 bridgehead atoms. The molecule has 0 saturated carbocycles. The summed E-state index contributed by atoms with van der Waals surface area (Å²) in [6.45, 7) is 9.18. The van der Waals surface area contributed by atoms with E-state index >= 15 is 0 Å². The van der Waals surface area contributed by atoms with Crippen LogP contribution in [0.15, 0.2) is 24.8 Å². The summed E-state index contributed by atoms with van der Waals surface area (Å²) in [6.07, 6.45) is 7.46. The monoisotopic (exact) mass is 262 g/mol. The number of nitrogens with zero attached hydrogens (tertiary/aromatic N) is 4. The molecular formula is C13H22N6. The highest BCUT2D eigenvalue weighted by molar-refractivity contribution is 5.38. The van der Waals surface area contributed by atoms with Crippen molar-refractivity contribution in [1.82, 2.24) is 24.6 Å². The molecular weight excluding hydrogens is 240 g/mol. The molecule has 19 heavy (non-hydrogen) atoms. The molecule has 0 atom stereocenters. The highest BCUT2D eigenvalue weighted by Gasteiger charge is 2.02. The molecule has 0 aliphatic rings. The summed E-state index contributed by atoms with van der Waals surface area (Å²) in [6, 6.07) is 0. The van der Waals surface area contributed by atoms with Gasteiger partial charge in [0.05, 0.1) is 25.0 Å². The first-order valence-electron chi connectivity index (χ1n) is 6.78. The number of nitrogens with one attached hydrogen (secondary N) is 2. The summed E-state index contributed by atoms with van der Waals surface area (Å²) in [5.41, 5.74) is 1.02. The molecule has 2 N–H and O–H groups in total. The fourth-order valence-corrected chi connectivity index (χ4v) is 1.94. The minimum absolute atomic E-state index is 0.689. The first-order valence-corrected chi connectivity index (χ1v) is 6.78. The van der Waals surface area contributed by atoms with E-state index < -0.39 is 0 Å². The second kappa shape index (κ2) is 6.94. The molecule has 2 rings (SSSR count). The van der Waals surface area contributed by atoms with Crippen molar-refractivity contribution in [2.24, 2.45) is 0 Å². The van der Waals surface area contributed by atoms with Crippen LogP contribution in [0.4, 0.5) is 5.69 Å². The number of aromatic amines is 1. The summed E-state index contributed by atoms with van der Waals surface area (Å²) in [5, 5.41) is 7.65. The topological polar surface area (TPSA) is 61.8 Å². The van der Waals surface area contributed by atoms with Crippen LogP contribution in [0.25, 0.3) is 0 Å². The average Bonchev–Trinajstić information content (AvgIpc) is 3.09. The summed E-state index contributed by atoms with van der Waals surface area (Å²) in [7, 11) is 0. The molecule has 0 saturated heterocycles. The molecule has 0 aliphatic heterocycles. The standard InChI is InChI=1S/C13H22N6/c1-3-18(4-2)7-8-19-11-12(9-17-19)16-10-13-14-5-6-15-13/h5-6,9,11,16H,3-4,7-8,10H2,1-2H3,(H,14,15). The van der Waals surface area contributed by atoms with Gasteiger partial charge in [0, 0.05) is 25.1 Å². The second-order valence-electron chi connectivity index (χ2n) is 4.41. The largest absolute Gasteiger partial charge is 0.375 e. The van der Waals surface area contributed by atoms with Gasteiger partial charge in [-0.15, -0.1) is 0 Å². The Kier molecular flexibility index (Phi) is 4.97. The van der Waals surface area contributed by atoms with Crippen molar-refractivity contribution in [3.8, 4) is 0 Å². The SMILES string of the molecule is CCN(CC)CCn1cc(NCc2ncc[nH]2)cn1. The number of hydrogen-bond acceptors (Lipinski definition) is 4. The molecule has 0 aliphatic carbocycles. The van der Waals surface area contributed by atoms with Crippen molar-refractivity contribution < 1.29 is 0 Å². The van der Waals surface area contributed by atoms with Crippen LogP contribution in [0.3, 0.4) is 0 Å². The lowest BCUT2D eigenvalue weighted by Crippen LogP contribution is -2.27. The van der Waals surface area contributed by atoms with Gasteiger partial charge in [-0.3, -0.25) is 4.68 Å². The lowest BCUT2D eigenvalue weighted by Gasteiger charge is -2.17. The van der Waals surface area contributed by atoms with Crippen molar-refractivity contribution in [3.63, 3.8) is 0 Å². The van der Waals surface area contributed by atoms with Crippen LogP contribution < -0.4 is 5.32 Å². The number of H-pyrrole nitrogens is 1. The van der Waals surface area contributed by atoms with Gasteiger partial charge in [0.2, 0.25) is 0 Å². The zero-order valence-corrected chi connectivity index (χ0v) is 11.6. The van der Waals surface area contributed by atoms with Crippen LogP contribution in [-0.4, -0.2) is 44.3 Å². The van der Waals surface area contributed by atoms with E-state index in [1.165, 1.54) is 0 Å². The molecule has 2 aromatic heterocycles. The summed E-state index contributed by atoms with van der Waals surface area (Å²) in [5.74, 6) is 0.927. The van der Waals surface area contributed by atoms with E-state index in [4.69, 9.17) is 0 Å². The quantitative estimate of drug-likeness (QED) is 0.758. The molecule has 2 aromatic rings. The van der Waals surface area contributed by atoms with E-state index in [-0.39, 0.29) is 0 Å². The second-order valence-corrected chi connectivity index (χ2v) is 4.41. The Morgan fingerprint density at radius 1 is 1.37 bits per heavy atom. The van der Waals surface area contributed by atoms with Gasteiger partial charge in [-0.05, 0) is 13.1 Å². The van der Waals surface area contributed by atoms with Crippen molar-refractivity contribution in [2.75, 3.05) is 25.0 Å². The van der Waals surface area contributed by atoms with E-state index in [2.05, 4.69) is 39.1 Å². The van der Waals surface area contributed by atoms with Crippen LogP contribution in [0.5, 0.6) is 0 Å². The molecule has 104 valence electrons. The third kappa shape index (κ3) is 4.10. The van der Waals surface area contributed by atoms with Crippen molar-refractivity contribution in [3.05, 3.63) is 30.6 Å². The van der Waals surface area contributed by atoms with E-state index in [1.54, 1.807) is 6.20 Å². The fourth-order valence-electron chi connectivity index (χ4n) is 1.94. The maximum atomic E-state index is 4.35. The predicted molar refractivity (Wildman–Crippen MR) is 75.9 cm³/mol. The van der Waals surface area contributed by atoms with Crippen molar-refractivity contribution >= 4 is 5.69 Å². The summed E-state index contributed by atoms with van der Waals surface area (Å²) in [4.78, 5) is 9.62. The highest BCUT2D eigenvalue weighted by Crippen LogP contribution is 2.06. The van der Waals surface area contributed by atoms with Gasteiger partial charge < -0.3 is 15.2 Å². The fraction of sp³-hybridized carbons (Fsp3) is 0.538. The maximum Gasteiger partial charge on any atom is 0.125 e. The number of likely N-dealkylation sites (N-methyl/N-ethyl adjacent to an activating group) is 1. The molecule has 6 nitrogen and oxygen atoms in total. The summed E-state index contributed by atoms with van der Waals surface area (Å²) >= 11 is 0. The number of imidazole rings is 1. The van der Waals surface area contributed by atoms with Gasteiger partial charge in [0.15, 0.2) is 0 Å². The number of rotatable bonds is 8. The number of hydrogen-bond donors (Lipinski definition) is 2. The zero-order chi connectivity index (χ0) is 13.5. The van der Waals surface area contributed by atoms with Gasteiger partial charge in [-0.2, -0.15) is 5.10 Å². The van der Waals surface area contributed by atoms with Crippen LogP contribution in [0.1, 0.15) is 19.7 Å². The molecule has 0 radical (unpaired) electrons. The van der Waals surface area contributed by atoms with E-state index in [0.717, 1.165) is 37.7 Å². The van der Waals surface area contributed by atoms with Gasteiger partial charge >= 0.3 is 0 Å². The smallest absolute Gasteiger partial charge is 0.125 e. The Bertz CT molecular complexity index is 457. The van der Waals surface area contributed by atoms with Crippen molar-refractivity contribution in [1.29, 1.82) is 0 Å². The van der Waals surface area contributed by atoms with E-state index in [0.29, 0.717) is 6.54 Å². The van der Waals surface area contributed by atoms with Gasteiger partial charge in [0.1, 0.15) is 5.82 Å². The Morgan fingerprint density at radius 3 is 2.89 bits per heavy atom. The first-order chi connectivity index (χ1) is 9.31. The molecule has 2 heterocycles. The van der Waals surface area contributed by atoms with Gasteiger partial charge in [0.25, 0.3) is 0 Å². The van der Waals surface area contributed by atoms with Crippen LogP contribution in [-0.2, 0) is 13.1 Å². The van der Waals surface area contributed by atoms with E-state index in [1.807, 2.05) is 23.3 Å². The third-order valence-electron chi connectivity index (χ3n) is 3.19. The Hall–Kier alpha value is -1.82. The Labute approximate surface area is 113 Å². The minimum Gasteiger partial charge on any atom is -0.375 e. The van der Waals surface area contributed by atoms with Crippen LogP contribution in [0.2, 0.25) is 0 Å². The first kappa shape index (κ1) is 13.6. The van der Waals surface area contributed by atoms with Gasteiger partial charge in [-0.25, -0.2) is 4.98 Å². The summed E-state index contributed by atoms with van der Waals surface area (Å²) < 4.78 is 1.97. The normalized spacial score (nSPS) is 11.1. The molecule has 0 unspecified atom stereocenters. The number of aromatic nitrogens is 4. The lowest BCUT2D eigenvalue weighted by atomic mass is 10.4. The van der Waals surface area contributed by atoms with Crippen molar-refractivity contribution in [2.45, 2.75) is 26.9 Å². The predicted octanol–water partition coefficient (Wildman–Crippen LogP) is 1.56. The number of anilines is 1. The Morgan fingerprint density at radius 2 is 2.21 bits per heavy atom. The van der Waals surface area contributed by atoms with E-state index in [9.17, 15) is 0 Å². The average molecular weight is 262 g/mol. The molecule has 0 spiro atoms. The lowest BCUT2D eigenvalue weighted by molar-refractivity contribution is 0.285. The minimum atomic E-state index is 0.689.